The summed E-state index contributed by atoms with van der Waals surface area (Å²) in [5.41, 5.74) is 3.58. The van der Waals surface area contributed by atoms with Gasteiger partial charge in [-0.2, -0.15) is 15.2 Å². The molecule has 0 saturated heterocycles. The van der Waals surface area contributed by atoms with Crippen molar-refractivity contribution in [2.24, 2.45) is 7.05 Å². The number of nitrogen functional groups attached to an aromatic ring is 1. The predicted molar refractivity (Wildman–Crippen MR) is 186 cm³/mol. The second-order valence-corrected chi connectivity index (χ2v) is 12.7. The monoisotopic (exact) mass is 762 g/mol. The number of aliphatic hydroxyl groups excluding tert-OH is 2. The van der Waals surface area contributed by atoms with Crippen LogP contribution in [0, 0.1) is 11.3 Å². The Labute approximate surface area is 307 Å². The Hall–Kier alpha value is -6.13. The van der Waals surface area contributed by atoms with Crippen molar-refractivity contribution in [1.82, 2.24) is 38.5 Å². The van der Waals surface area contributed by atoms with Gasteiger partial charge in [-0.25, -0.2) is 14.2 Å². The van der Waals surface area contributed by atoms with Gasteiger partial charge in [-0.3, -0.25) is 23.3 Å². The van der Waals surface area contributed by atoms with E-state index in [4.69, 9.17) is 38.0 Å². The van der Waals surface area contributed by atoms with Crippen LogP contribution in [0.15, 0.2) is 83.0 Å². The van der Waals surface area contributed by atoms with Gasteiger partial charge in [0.2, 0.25) is 11.8 Å². The number of rotatable bonds is 12. The summed E-state index contributed by atoms with van der Waals surface area (Å²) in [5, 5.41) is 39.7. The molecule has 0 amide bonds. The maximum absolute atomic E-state index is 13.6. The highest BCUT2D eigenvalue weighted by Crippen LogP contribution is 2.24. The molecule has 53 heavy (non-hydrogen) atoms. The molecule has 4 heterocycles. The summed E-state index contributed by atoms with van der Waals surface area (Å²) in [5.74, 6) is 0.0271. The Morgan fingerprint density at radius 3 is 2.04 bits per heavy atom. The zero-order valence-corrected chi connectivity index (χ0v) is 29.1. The van der Waals surface area contributed by atoms with E-state index in [1.54, 1.807) is 36.4 Å². The second kappa shape index (κ2) is 15.2. The van der Waals surface area contributed by atoms with Crippen LogP contribution in [-0.4, -0.2) is 48.8 Å². The van der Waals surface area contributed by atoms with Gasteiger partial charge in [0.05, 0.1) is 18.8 Å². The Kier molecular flexibility index (Phi) is 10.5. The number of aliphatic hydroxyl groups is 2. The zero-order valence-electron chi connectivity index (χ0n) is 27.6. The Morgan fingerprint density at radius 2 is 1.42 bits per heavy atom. The number of aromatic nitrogens is 8. The molecule has 0 aliphatic heterocycles. The minimum Gasteiger partial charge on any atom is -0.388 e. The first-order valence-electron chi connectivity index (χ1n) is 15.6. The zero-order chi connectivity index (χ0) is 38.0. The van der Waals surface area contributed by atoms with E-state index in [0.717, 1.165) is 30.5 Å². The Bertz CT molecular complexity index is 2600. The lowest BCUT2D eigenvalue weighted by Crippen LogP contribution is -2.41. The molecular weight excluding hydrogens is 735 g/mol. The molecule has 0 radical (unpaired) electrons. The molecule has 0 aliphatic carbocycles. The van der Waals surface area contributed by atoms with Gasteiger partial charge in [0.15, 0.2) is 11.6 Å². The molecule has 2 aromatic carbocycles. The van der Waals surface area contributed by atoms with Crippen LogP contribution < -0.4 is 28.2 Å². The van der Waals surface area contributed by atoms with E-state index in [9.17, 15) is 34.7 Å². The van der Waals surface area contributed by atoms with Crippen molar-refractivity contribution in [2.45, 2.75) is 44.7 Å². The molecule has 0 unspecified atom stereocenters. The van der Waals surface area contributed by atoms with Crippen molar-refractivity contribution >= 4 is 29.0 Å². The second-order valence-electron chi connectivity index (χ2n) is 11.8. The van der Waals surface area contributed by atoms with Crippen LogP contribution in [0.2, 0.25) is 10.0 Å². The Morgan fingerprint density at radius 1 is 0.830 bits per heavy atom. The molecule has 0 aliphatic rings. The molecule has 20 heteroatoms. The summed E-state index contributed by atoms with van der Waals surface area (Å²) in [6.45, 7) is -0.978. The van der Waals surface area contributed by atoms with Crippen LogP contribution in [0.1, 0.15) is 57.9 Å². The van der Waals surface area contributed by atoms with E-state index in [1.165, 1.54) is 19.2 Å². The van der Waals surface area contributed by atoms with Crippen LogP contribution in [0.4, 0.5) is 5.82 Å². The van der Waals surface area contributed by atoms with E-state index in [0.29, 0.717) is 21.7 Å². The Balaban J connectivity index is 1.18. The fourth-order valence-electron chi connectivity index (χ4n) is 5.33. The highest BCUT2D eigenvalue weighted by atomic mass is 35.5. The maximum Gasteiger partial charge on any atom is 0.332 e. The molecule has 0 bridgehead atoms. The largest absolute Gasteiger partial charge is 0.388 e. The average Bonchev–Trinajstić information content (AvgIpc) is 3.78. The summed E-state index contributed by atoms with van der Waals surface area (Å²) in [6, 6.07) is 14.0. The van der Waals surface area contributed by atoms with Crippen LogP contribution in [0.5, 0.6) is 0 Å². The van der Waals surface area contributed by atoms with Gasteiger partial charge in [-0.15, -0.1) is 0 Å². The number of nitrogens with two attached hydrogens (primary N) is 1. The lowest BCUT2D eigenvalue weighted by atomic mass is 10.0. The highest BCUT2D eigenvalue weighted by Gasteiger charge is 2.20. The lowest BCUT2D eigenvalue weighted by Gasteiger charge is -2.14. The molecule has 4 N–H and O–H groups in total. The van der Waals surface area contributed by atoms with Gasteiger partial charge in [0.25, 0.3) is 11.1 Å². The average molecular weight is 764 g/mol. The number of hydrogen-bond acceptors (Lipinski definition) is 14. The van der Waals surface area contributed by atoms with Crippen molar-refractivity contribution in [3.8, 4) is 6.07 Å². The number of anilines is 1. The summed E-state index contributed by atoms with van der Waals surface area (Å²) >= 11 is 12.4. The maximum atomic E-state index is 13.6. The molecule has 0 spiro atoms. The van der Waals surface area contributed by atoms with Crippen LogP contribution in [0.3, 0.4) is 0 Å². The first-order chi connectivity index (χ1) is 25.3. The number of hydrogen-bond donors (Lipinski definition) is 3. The summed E-state index contributed by atoms with van der Waals surface area (Å²) < 4.78 is 14.3. The number of nitriles is 1. The van der Waals surface area contributed by atoms with Gasteiger partial charge < -0.3 is 25.0 Å². The van der Waals surface area contributed by atoms with Gasteiger partial charge in [-0.05, 0) is 41.0 Å². The van der Waals surface area contributed by atoms with Crippen LogP contribution in [0.25, 0.3) is 0 Å². The third-order valence-electron chi connectivity index (χ3n) is 8.21. The fraction of sp³-hybridized carbons (Fsp3) is 0.242. The standard InChI is InChI=1S/C33H28Cl2N10O8/c1-42-25(37)11-30(48)44(32(42)50)15-28-38-27(41-52-28)10-24(47)18-4-7-22(35)19(8-18)13-43-14-20(12-36)31(49)45(33(43)51)16-29-39-26(40-53-29)9-23(46)17-2-5-21(34)6-3-17/h2-8,11,14,23-24,46-47H,9-10,13,15-16,37H2,1H3/t23-,24-/m0/s1. The molecule has 2 atom stereocenters. The first-order valence-corrected chi connectivity index (χ1v) is 16.4. The van der Waals surface area contributed by atoms with E-state index in [-0.39, 0.29) is 65.8 Å². The normalized spacial score (nSPS) is 12.5. The highest BCUT2D eigenvalue weighted by molar-refractivity contribution is 6.31. The third-order valence-corrected chi connectivity index (χ3v) is 8.83. The van der Waals surface area contributed by atoms with Crippen molar-refractivity contribution in [2.75, 3.05) is 5.73 Å². The molecule has 0 saturated carbocycles. The minimum atomic E-state index is -1.19. The van der Waals surface area contributed by atoms with Gasteiger partial charge in [0.1, 0.15) is 30.5 Å². The number of nitrogens with zero attached hydrogens (tertiary/aromatic N) is 9. The minimum absolute atomic E-state index is 0.00759. The molecule has 6 aromatic rings. The van der Waals surface area contributed by atoms with E-state index in [1.807, 2.05) is 0 Å². The van der Waals surface area contributed by atoms with Crippen LogP contribution >= 0.6 is 23.2 Å². The fourth-order valence-corrected chi connectivity index (χ4v) is 5.64. The summed E-state index contributed by atoms with van der Waals surface area (Å²) in [4.78, 5) is 59.7. The molecule has 272 valence electrons. The summed E-state index contributed by atoms with van der Waals surface area (Å²) in [7, 11) is 1.41. The van der Waals surface area contributed by atoms with E-state index in [2.05, 4.69) is 20.3 Å². The molecule has 0 fully saturated rings. The lowest BCUT2D eigenvalue weighted by molar-refractivity contribution is 0.174. The van der Waals surface area contributed by atoms with Crippen molar-refractivity contribution in [1.29, 1.82) is 5.26 Å². The predicted octanol–water partition coefficient (Wildman–Crippen LogP) is 1.09. The quantitative estimate of drug-likeness (QED) is 0.158. The third kappa shape index (κ3) is 8.03. The number of halogens is 2. The molecule has 6 rings (SSSR count). The van der Waals surface area contributed by atoms with E-state index < -0.39 is 41.3 Å². The van der Waals surface area contributed by atoms with Crippen LogP contribution in [-0.2, 0) is 39.5 Å². The van der Waals surface area contributed by atoms with Gasteiger partial charge >= 0.3 is 11.4 Å². The molecular formula is C33H28Cl2N10O8. The topological polar surface area (TPSA) is 256 Å². The molecule has 18 nitrogen and oxygen atoms in total. The van der Waals surface area contributed by atoms with E-state index >= 15 is 0 Å². The van der Waals surface area contributed by atoms with Crippen molar-refractivity contribution < 1.29 is 19.3 Å². The summed E-state index contributed by atoms with van der Waals surface area (Å²) in [6.07, 6.45) is -1.22. The first kappa shape index (κ1) is 36.7. The number of benzene rings is 2. The molecule has 4 aromatic heterocycles. The van der Waals surface area contributed by atoms with Crippen molar-refractivity contribution in [3.05, 3.63) is 152 Å². The smallest absolute Gasteiger partial charge is 0.332 e. The van der Waals surface area contributed by atoms with Gasteiger partial charge in [-0.1, -0.05) is 51.7 Å². The van der Waals surface area contributed by atoms with Crippen molar-refractivity contribution in [3.63, 3.8) is 0 Å². The van der Waals surface area contributed by atoms with Gasteiger partial charge in [0, 0.05) is 42.2 Å². The SMILES string of the molecule is Cn1c(N)cc(=O)n(Cc2nc(C[C@H](O)c3ccc(Cl)c(Cn4cc(C#N)c(=O)n(Cc5nc(C[C@H](O)c6ccc(Cl)cc6)no5)c4=O)c3)no2)c1=O.